The van der Waals surface area contributed by atoms with E-state index in [4.69, 9.17) is 16.7 Å². The molecule has 1 aromatic rings. The van der Waals surface area contributed by atoms with Crippen LogP contribution in [0.2, 0.25) is 0 Å². The number of aromatic nitrogens is 2. The first kappa shape index (κ1) is 10.5. The first-order valence-electron chi connectivity index (χ1n) is 4.22. The number of rotatable bonds is 5. The van der Waals surface area contributed by atoms with Gasteiger partial charge in [0.15, 0.2) is 0 Å². The van der Waals surface area contributed by atoms with E-state index >= 15 is 0 Å². The van der Waals surface area contributed by atoms with Gasteiger partial charge >= 0.3 is 0 Å². The van der Waals surface area contributed by atoms with Gasteiger partial charge in [-0.2, -0.15) is 9.97 Å². The van der Waals surface area contributed by atoms with E-state index in [0.29, 0.717) is 24.6 Å². The molecule has 0 atom stereocenters. The maximum Gasteiger partial charge on any atom is 0.223 e. The Balaban J connectivity index is 2.62. The molecule has 0 saturated carbocycles. The Labute approximate surface area is 81.5 Å². The predicted octanol–water partition coefficient (Wildman–Crippen LogP) is -0.861. The first-order chi connectivity index (χ1) is 6.76. The zero-order chi connectivity index (χ0) is 10.4. The molecule has 1 rings (SSSR count). The molecule has 0 aromatic carbocycles. The zero-order valence-corrected chi connectivity index (χ0v) is 7.70. The van der Waals surface area contributed by atoms with E-state index in [0.717, 1.165) is 0 Å². The highest BCUT2D eigenvalue weighted by molar-refractivity contribution is 5.50. The summed E-state index contributed by atoms with van der Waals surface area (Å²) in [6, 6.07) is 1.63. The van der Waals surface area contributed by atoms with Gasteiger partial charge in [0, 0.05) is 19.2 Å². The van der Waals surface area contributed by atoms with Gasteiger partial charge in [0.2, 0.25) is 5.95 Å². The van der Waals surface area contributed by atoms with Crippen molar-refractivity contribution in [2.75, 3.05) is 29.6 Å². The van der Waals surface area contributed by atoms with Crippen LogP contribution >= 0.6 is 0 Å². The van der Waals surface area contributed by atoms with E-state index < -0.39 is 0 Å². The number of nitrogen functional groups attached to an aromatic ring is 2. The van der Waals surface area contributed by atoms with E-state index in [-0.39, 0.29) is 12.6 Å². The van der Waals surface area contributed by atoms with E-state index in [1.165, 1.54) is 0 Å². The largest absolute Gasteiger partial charge is 0.396 e. The number of hydrogen-bond acceptors (Lipinski definition) is 7. The molecular formula is C7H14N6O. The topological polar surface area (TPSA) is 122 Å². The quantitative estimate of drug-likeness (QED) is 0.237. The molecule has 0 aliphatic carbocycles. The van der Waals surface area contributed by atoms with Gasteiger partial charge in [-0.25, -0.2) is 5.84 Å². The lowest BCUT2D eigenvalue weighted by molar-refractivity contribution is 0.292. The van der Waals surface area contributed by atoms with Crippen LogP contribution in [0, 0.1) is 0 Å². The summed E-state index contributed by atoms with van der Waals surface area (Å²) in [5, 5.41) is 11.5. The monoisotopic (exact) mass is 198 g/mol. The molecule has 0 fully saturated rings. The third kappa shape index (κ3) is 3.04. The van der Waals surface area contributed by atoms with E-state index in [2.05, 4.69) is 20.7 Å². The van der Waals surface area contributed by atoms with Crippen molar-refractivity contribution in [1.82, 2.24) is 9.97 Å². The maximum absolute atomic E-state index is 8.57. The van der Waals surface area contributed by atoms with Crippen molar-refractivity contribution in [3.63, 3.8) is 0 Å². The Morgan fingerprint density at radius 1 is 1.36 bits per heavy atom. The molecule has 1 heterocycles. The van der Waals surface area contributed by atoms with Crippen molar-refractivity contribution in [1.29, 1.82) is 0 Å². The van der Waals surface area contributed by atoms with Gasteiger partial charge in [-0.05, 0) is 6.42 Å². The standard InChI is InChI=1S/C7H14N6O/c8-7-11-5(10-2-1-3-14)4-6(12-7)13-9/h4,14H,1-3,9H2,(H4,8,10,11,12,13). The normalized spacial score (nSPS) is 9.86. The Bertz CT molecular complexity index is 292. The van der Waals surface area contributed by atoms with E-state index in [9.17, 15) is 0 Å². The fourth-order valence-corrected chi connectivity index (χ4v) is 0.926. The van der Waals surface area contributed by atoms with Gasteiger partial charge in [-0.15, -0.1) is 0 Å². The number of hydrazine groups is 1. The summed E-state index contributed by atoms with van der Waals surface area (Å²) in [4.78, 5) is 7.75. The molecule has 0 unspecified atom stereocenters. The van der Waals surface area contributed by atoms with Gasteiger partial charge in [-0.1, -0.05) is 0 Å². The van der Waals surface area contributed by atoms with E-state index in [1.54, 1.807) is 6.07 Å². The second-order valence-electron chi connectivity index (χ2n) is 2.64. The van der Waals surface area contributed by atoms with Gasteiger partial charge in [0.1, 0.15) is 11.6 Å². The Morgan fingerprint density at radius 3 is 2.71 bits per heavy atom. The third-order valence-corrected chi connectivity index (χ3v) is 1.53. The minimum Gasteiger partial charge on any atom is -0.396 e. The van der Waals surface area contributed by atoms with Crippen LogP contribution in [0.15, 0.2) is 6.07 Å². The molecule has 78 valence electrons. The van der Waals surface area contributed by atoms with Gasteiger partial charge in [-0.3, -0.25) is 0 Å². The summed E-state index contributed by atoms with van der Waals surface area (Å²) in [6.07, 6.45) is 0.648. The molecule has 7 heteroatoms. The summed E-state index contributed by atoms with van der Waals surface area (Å²) in [7, 11) is 0. The number of aliphatic hydroxyl groups excluding tert-OH is 1. The fourth-order valence-electron chi connectivity index (χ4n) is 0.926. The lowest BCUT2D eigenvalue weighted by Crippen LogP contribution is -2.12. The molecular weight excluding hydrogens is 184 g/mol. The number of anilines is 3. The lowest BCUT2D eigenvalue weighted by atomic mass is 10.4. The van der Waals surface area contributed by atoms with Gasteiger partial charge in [0.05, 0.1) is 0 Å². The van der Waals surface area contributed by atoms with Crippen LogP contribution in [-0.4, -0.2) is 28.2 Å². The molecule has 0 aliphatic rings. The highest BCUT2D eigenvalue weighted by atomic mass is 16.3. The fraction of sp³-hybridized carbons (Fsp3) is 0.429. The van der Waals surface area contributed by atoms with Crippen molar-refractivity contribution in [2.45, 2.75) is 6.42 Å². The van der Waals surface area contributed by atoms with Gasteiger partial charge in [0.25, 0.3) is 0 Å². The lowest BCUT2D eigenvalue weighted by Gasteiger charge is -2.06. The minimum absolute atomic E-state index is 0.134. The molecule has 1 aromatic heterocycles. The number of hydrogen-bond donors (Lipinski definition) is 5. The Hall–Kier alpha value is -1.60. The predicted molar refractivity (Wildman–Crippen MR) is 54.4 cm³/mol. The van der Waals surface area contributed by atoms with Crippen LogP contribution in [0.25, 0.3) is 0 Å². The second-order valence-corrected chi connectivity index (χ2v) is 2.64. The number of nitrogens with two attached hydrogens (primary N) is 2. The number of nitrogens with zero attached hydrogens (tertiary/aromatic N) is 2. The summed E-state index contributed by atoms with van der Waals surface area (Å²) < 4.78 is 0. The molecule has 0 aliphatic heterocycles. The molecule has 14 heavy (non-hydrogen) atoms. The van der Waals surface area contributed by atoms with Crippen LogP contribution in [0.4, 0.5) is 17.6 Å². The highest BCUT2D eigenvalue weighted by Crippen LogP contribution is 2.10. The van der Waals surface area contributed by atoms with Crippen LogP contribution < -0.4 is 22.3 Å². The zero-order valence-electron chi connectivity index (χ0n) is 7.70. The highest BCUT2D eigenvalue weighted by Gasteiger charge is 1.99. The molecule has 7 N–H and O–H groups in total. The number of aliphatic hydroxyl groups is 1. The van der Waals surface area contributed by atoms with Crippen molar-refractivity contribution >= 4 is 17.6 Å². The van der Waals surface area contributed by atoms with Gasteiger partial charge < -0.3 is 21.6 Å². The summed E-state index contributed by atoms with van der Waals surface area (Å²) in [5.74, 6) is 6.35. The SMILES string of the molecule is NNc1cc(NCCCO)nc(N)n1. The average Bonchev–Trinajstić information content (AvgIpc) is 2.17. The summed E-state index contributed by atoms with van der Waals surface area (Å²) in [5.41, 5.74) is 7.81. The van der Waals surface area contributed by atoms with Crippen molar-refractivity contribution in [2.24, 2.45) is 5.84 Å². The molecule has 0 saturated heterocycles. The molecule has 0 amide bonds. The van der Waals surface area contributed by atoms with Crippen LogP contribution in [-0.2, 0) is 0 Å². The van der Waals surface area contributed by atoms with Crippen molar-refractivity contribution in [3.05, 3.63) is 6.07 Å². The average molecular weight is 198 g/mol. The van der Waals surface area contributed by atoms with Crippen LogP contribution in [0.1, 0.15) is 6.42 Å². The van der Waals surface area contributed by atoms with Crippen LogP contribution in [0.3, 0.4) is 0 Å². The summed E-state index contributed by atoms with van der Waals surface area (Å²) >= 11 is 0. The third-order valence-electron chi connectivity index (χ3n) is 1.53. The van der Waals surface area contributed by atoms with E-state index in [1.807, 2.05) is 0 Å². The maximum atomic E-state index is 8.57. The molecule has 7 nitrogen and oxygen atoms in total. The molecule has 0 bridgehead atoms. The minimum atomic E-state index is 0.134. The Kier molecular flexibility index (Phi) is 3.89. The summed E-state index contributed by atoms with van der Waals surface area (Å²) in [6.45, 7) is 0.756. The second kappa shape index (κ2) is 5.20. The molecule has 0 spiro atoms. The van der Waals surface area contributed by atoms with Crippen molar-refractivity contribution in [3.8, 4) is 0 Å². The van der Waals surface area contributed by atoms with Crippen LogP contribution in [0.5, 0.6) is 0 Å². The number of nitrogens with one attached hydrogen (secondary N) is 2. The first-order valence-corrected chi connectivity index (χ1v) is 4.22. The Morgan fingerprint density at radius 2 is 2.07 bits per heavy atom. The van der Waals surface area contributed by atoms with Crippen molar-refractivity contribution < 1.29 is 5.11 Å². The smallest absolute Gasteiger partial charge is 0.223 e. The molecule has 0 radical (unpaired) electrons.